The summed E-state index contributed by atoms with van der Waals surface area (Å²) in [7, 11) is -7.80. The Bertz CT molecular complexity index is 1380. The van der Waals surface area contributed by atoms with Gasteiger partial charge in [-0.15, -0.1) is 22.3 Å². The van der Waals surface area contributed by atoms with Crippen LogP contribution in [0, 0.1) is 5.92 Å². The van der Waals surface area contributed by atoms with Crippen LogP contribution >= 0.6 is 11.3 Å². The summed E-state index contributed by atoms with van der Waals surface area (Å²) in [4.78, 5) is 13.8. The molecule has 2 fully saturated rings. The lowest BCUT2D eigenvalue weighted by Crippen LogP contribution is -2.61. The van der Waals surface area contributed by atoms with Crippen molar-refractivity contribution >= 4 is 48.1 Å². The van der Waals surface area contributed by atoms with Crippen molar-refractivity contribution in [1.29, 1.82) is 0 Å². The molecule has 0 aromatic carbocycles. The Morgan fingerprint density at radius 2 is 2.06 bits per heavy atom. The van der Waals surface area contributed by atoms with Crippen LogP contribution in [0.2, 0.25) is 0 Å². The summed E-state index contributed by atoms with van der Waals surface area (Å²) in [5, 5.41) is 19.6. The van der Waals surface area contributed by atoms with Gasteiger partial charge in [0, 0.05) is 30.6 Å². The minimum atomic E-state index is -4.27. The van der Waals surface area contributed by atoms with E-state index in [0.717, 1.165) is 49.7 Å². The van der Waals surface area contributed by atoms with Gasteiger partial charge in [-0.25, -0.2) is 18.1 Å². The van der Waals surface area contributed by atoms with E-state index in [1.807, 2.05) is 5.01 Å². The Labute approximate surface area is 214 Å². The molecule has 2 unspecified atom stereocenters. The van der Waals surface area contributed by atoms with Crippen molar-refractivity contribution in [3.8, 4) is 0 Å². The van der Waals surface area contributed by atoms with E-state index < -0.39 is 26.0 Å². The number of hydrogen-bond acceptors (Lipinski definition) is 9. The van der Waals surface area contributed by atoms with Crippen molar-refractivity contribution in [2.75, 3.05) is 18.1 Å². The zero-order chi connectivity index (χ0) is 25.8. The molecule has 0 spiro atoms. The second kappa shape index (κ2) is 9.24. The summed E-state index contributed by atoms with van der Waals surface area (Å²) in [5.74, 6) is -1.13. The van der Waals surface area contributed by atoms with E-state index in [-0.39, 0.29) is 57.2 Å². The molecule has 2 saturated carbocycles. The van der Waals surface area contributed by atoms with Gasteiger partial charge in [0.15, 0.2) is 5.84 Å². The molecule has 14 heteroatoms. The van der Waals surface area contributed by atoms with E-state index in [1.54, 1.807) is 11.1 Å². The zero-order valence-electron chi connectivity index (χ0n) is 19.8. The van der Waals surface area contributed by atoms with Crippen molar-refractivity contribution < 1.29 is 26.7 Å². The highest BCUT2D eigenvalue weighted by atomic mass is 32.2. The van der Waals surface area contributed by atoms with Gasteiger partial charge in [-0.1, -0.05) is 18.9 Å². The number of fused-ring (bicyclic) bond motifs is 2. The van der Waals surface area contributed by atoms with Crippen LogP contribution in [0.5, 0.6) is 0 Å². The van der Waals surface area contributed by atoms with Crippen molar-refractivity contribution in [2.45, 2.75) is 62.0 Å². The number of carbonyl (C=O) groups is 1. The average molecular weight is 556 g/mol. The fraction of sp³-hybridized carbons (Fsp3) is 0.545. The Morgan fingerprint density at radius 3 is 2.69 bits per heavy atom. The average Bonchev–Trinajstić information content (AvgIpc) is 3.38. The van der Waals surface area contributed by atoms with Crippen molar-refractivity contribution in [3.05, 3.63) is 34.9 Å². The quantitative estimate of drug-likeness (QED) is 0.413. The predicted octanol–water partition coefficient (Wildman–Crippen LogP) is 2.09. The van der Waals surface area contributed by atoms with Gasteiger partial charge < -0.3 is 10.4 Å². The number of aliphatic hydroxyl groups excluding tert-OH is 1. The Balaban J connectivity index is 1.53. The standard InChI is InChI=1S/C22H29N5O6S3/c1-3-10-26(14-6-4-7-14)27-16-9-5-8-15(16)18(28)17(22(27)29)20-24-21-19(36(32,33)25-20)13(12-34-21)11-23-35(2,30)31/h3,12,14-16,23,28H,1,4-11H2,2H3,(H,24,25). The van der Waals surface area contributed by atoms with E-state index in [2.05, 4.69) is 21.0 Å². The minimum Gasteiger partial charge on any atom is -0.511 e. The van der Waals surface area contributed by atoms with Gasteiger partial charge in [0.05, 0.1) is 12.3 Å². The fourth-order valence-corrected chi connectivity index (χ4v) is 8.38. The molecule has 36 heavy (non-hydrogen) atoms. The van der Waals surface area contributed by atoms with Crippen molar-refractivity contribution in [3.63, 3.8) is 0 Å². The number of aliphatic hydroxyl groups is 1. The molecule has 3 N–H and O–H groups in total. The number of rotatable bonds is 8. The minimum absolute atomic E-state index is 0.130. The highest BCUT2D eigenvalue weighted by Gasteiger charge is 2.50. The fourth-order valence-electron chi connectivity index (χ4n) is 5.36. The molecule has 1 aromatic heterocycles. The van der Waals surface area contributed by atoms with Crippen LogP contribution in [0.1, 0.15) is 44.1 Å². The van der Waals surface area contributed by atoms with Crippen LogP contribution in [-0.2, 0) is 31.4 Å². The number of amides is 1. The van der Waals surface area contributed by atoms with Crippen LogP contribution in [0.25, 0.3) is 0 Å². The maximum Gasteiger partial charge on any atom is 0.287 e. The van der Waals surface area contributed by atoms with E-state index in [0.29, 0.717) is 13.0 Å². The lowest BCUT2D eigenvalue weighted by molar-refractivity contribution is -0.164. The number of anilines is 1. The molecule has 0 saturated heterocycles. The van der Waals surface area contributed by atoms with E-state index >= 15 is 0 Å². The third kappa shape index (κ3) is 4.38. The second-order valence-corrected chi connectivity index (χ2v) is 13.8. The summed E-state index contributed by atoms with van der Waals surface area (Å²) >= 11 is 1.07. The first kappa shape index (κ1) is 25.4. The first-order valence-electron chi connectivity index (χ1n) is 11.8. The molecular formula is C22H29N5O6S3. The highest BCUT2D eigenvalue weighted by Crippen LogP contribution is 2.44. The molecule has 1 amide bonds. The molecular weight excluding hydrogens is 526 g/mol. The number of amidine groups is 1. The lowest BCUT2D eigenvalue weighted by atomic mass is 9.89. The van der Waals surface area contributed by atoms with E-state index in [9.17, 15) is 26.7 Å². The Hall–Kier alpha value is -2.26. The van der Waals surface area contributed by atoms with Gasteiger partial charge in [0.25, 0.3) is 15.9 Å². The number of hydrogen-bond donors (Lipinski definition) is 3. The maximum atomic E-state index is 13.9. The molecule has 0 bridgehead atoms. The van der Waals surface area contributed by atoms with Crippen molar-refractivity contribution in [1.82, 2.24) is 14.7 Å². The molecule has 1 aromatic rings. The van der Waals surface area contributed by atoms with Gasteiger partial charge in [-0.3, -0.25) is 9.80 Å². The molecule has 196 valence electrons. The van der Waals surface area contributed by atoms with Crippen LogP contribution in [0.15, 0.2) is 38.7 Å². The topological polar surface area (TPSA) is 148 Å². The lowest BCUT2D eigenvalue weighted by Gasteiger charge is -2.49. The number of thiophene rings is 1. The number of sulfonamides is 2. The summed E-state index contributed by atoms with van der Waals surface area (Å²) in [6.45, 7) is 4.11. The monoisotopic (exact) mass is 555 g/mol. The van der Waals surface area contributed by atoms with Crippen molar-refractivity contribution in [2.24, 2.45) is 10.3 Å². The smallest absolute Gasteiger partial charge is 0.287 e. The van der Waals surface area contributed by atoms with Gasteiger partial charge in [0.2, 0.25) is 10.0 Å². The van der Waals surface area contributed by atoms with Gasteiger partial charge in [0.1, 0.15) is 21.2 Å². The normalized spacial score (nSPS) is 25.8. The van der Waals surface area contributed by atoms with Crippen LogP contribution in [0.3, 0.4) is 0 Å². The summed E-state index contributed by atoms with van der Waals surface area (Å²) in [5.41, 5.74) is 0.119. The van der Waals surface area contributed by atoms with Crippen LogP contribution in [-0.4, -0.2) is 68.6 Å². The number of nitrogens with zero attached hydrogens (tertiary/aromatic N) is 3. The second-order valence-electron chi connectivity index (χ2n) is 9.56. The van der Waals surface area contributed by atoms with Crippen LogP contribution in [0.4, 0.5) is 5.00 Å². The van der Waals surface area contributed by atoms with E-state index in [4.69, 9.17) is 0 Å². The number of hydrazine groups is 1. The van der Waals surface area contributed by atoms with E-state index in [1.165, 1.54) is 5.38 Å². The third-order valence-corrected chi connectivity index (χ3v) is 10.3. The first-order chi connectivity index (χ1) is 17.0. The molecule has 2 aliphatic heterocycles. The highest BCUT2D eigenvalue weighted by molar-refractivity contribution is 7.91. The van der Waals surface area contributed by atoms with Gasteiger partial charge in [-0.2, -0.15) is 8.42 Å². The van der Waals surface area contributed by atoms with Gasteiger partial charge in [-0.05, 0) is 31.1 Å². The summed E-state index contributed by atoms with van der Waals surface area (Å²) in [6.07, 6.45) is 7.99. The largest absolute Gasteiger partial charge is 0.511 e. The number of carbonyl (C=O) groups excluding carboxylic acids is 1. The third-order valence-electron chi connectivity index (χ3n) is 7.19. The molecule has 2 aliphatic carbocycles. The molecule has 2 atom stereocenters. The Morgan fingerprint density at radius 1 is 1.33 bits per heavy atom. The number of nitrogens with one attached hydrogen (secondary N) is 2. The summed E-state index contributed by atoms with van der Waals surface area (Å²) in [6, 6.07) is -0.0120. The van der Waals surface area contributed by atoms with Gasteiger partial charge >= 0.3 is 0 Å². The summed E-state index contributed by atoms with van der Waals surface area (Å²) < 4.78 is 55.6. The molecule has 4 aliphatic rings. The Kier molecular flexibility index (Phi) is 6.52. The SMILES string of the molecule is C=CCN(C1CCC1)N1C(=O)C(C2=NS(=O)(=O)c3c(CNS(C)(=O)=O)csc3N2)=C(O)C2CCCC21. The zero-order valence-corrected chi connectivity index (χ0v) is 22.3. The molecule has 3 heterocycles. The molecule has 0 radical (unpaired) electrons. The first-order valence-corrected chi connectivity index (χ1v) is 16.0. The molecule has 11 nitrogen and oxygen atoms in total. The van der Waals surface area contributed by atoms with Crippen LogP contribution < -0.4 is 10.0 Å². The predicted molar refractivity (Wildman–Crippen MR) is 136 cm³/mol. The molecule has 5 rings (SSSR count). The maximum absolute atomic E-state index is 13.9.